The number of carbonyl (C=O) groups excluding carboxylic acids is 4. The van der Waals surface area contributed by atoms with Crippen LogP contribution in [0.4, 0.5) is 0 Å². The molecule has 0 bridgehead atoms. The maximum atomic E-state index is 13.7. The number of carbonyl (C=O) groups is 4. The average Bonchev–Trinajstić information content (AvgIpc) is 2.97. The van der Waals surface area contributed by atoms with Crippen LogP contribution >= 0.6 is 31.9 Å². The molecule has 174 valence electrons. The molecular formula is C24H28Br2O6. The third kappa shape index (κ3) is 3.35. The van der Waals surface area contributed by atoms with E-state index in [2.05, 4.69) is 38.8 Å². The van der Waals surface area contributed by atoms with E-state index >= 15 is 0 Å². The fraction of sp³-hybridized carbons (Fsp3) is 0.667. The lowest BCUT2D eigenvalue weighted by atomic mass is 9.45. The van der Waals surface area contributed by atoms with Crippen LogP contribution in [0.1, 0.15) is 59.3 Å². The number of hydrogen-bond donors (Lipinski definition) is 1. The van der Waals surface area contributed by atoms with E-state index in [1.165, 1.54) is 6.92 Å². The molecule has 6 nitrogen and oxygen atoms in total. The molecule has 0 spiro atoms. The Balaban J connectivity index is 1.76. The van der Waals surface area contributed by atoms with Crippen molar-refractivity contribution in [2.75, 3.05) is 6.61 Å². The van der Waals surface area contributed by atoms with Crippen molar-refractivity contribution in [1.29, 1.82) is 0 Å². The summed E-state index contributed by atoms with van der Waals surface area (Å²) >= 11 is 7.09. The fourth-order valence-corrected chi connectivity index (χ4v) is 7.96. The van der Waals surface area contributed by atoms with Crippen LogP contribution in [-0.4, -0.2) is 40.6 Å². The Labute approximate surface area is 204 Å². The van der Waals surface area contributed by atoms with Gasteiger partial charge in [-0.3, -0.25) is 19.2 Å². The van der Waals surface area contributed by atoms with Gasteiger partial charge in [-0.1, -0.05) is 13.8 Å². The lowest BCUT2D eigenvalue weighted by Gasteiger charge is -2.58. The monoisotopic (exact) mass is 570 g/mol. The van der Waals surface area contributed by atoms with E-state index in [-0.39, 0.29) is 42.2 Å². The van der Waals surface area contributed by atoms with Crippen molar-refractivity contribution in [3.05, 3.63) is 20.6 Å². The maximum absolute atomic E-state index is 13.7. The second-order valence-corrected chi connectivity index (χ2v) is 12.9. The molecule has 0 aromatic carbocycles. The van der Waals surface area contributed by atoms with Crippen molar-refractivity contribution in [2.24, 2.45) is 28.6 Å². The summed E-state index contributed by atoms with van der Waals surface area (Å²) in [6.07, 6.45) is 4.28. The first-order valence-corrected chi connectivity index (χ1v) is 12.6. The minimum atomic E-state index is -1.71. The molecule has 4 aliphatic carbocycles. The number of hydrogen-bond acceptors (Lipinski definition) is 6. The second kappa shape index (κ2) is 7.98. The Kier molecular flexibility index (Phi) is 5.99. The molecule has 3 fully saturated rings. The van der Waals surface area contributed by atoms with Crippen molar-refractivity contribution < 1.29 is 29.0 Å². The van der Waals surface area contributed by atoms with Gasteiger partial charge < -0.3 is 9.84 Å². The van der Waals surface area contributed by atoms with Crippen LogP contribution in [0, 0.1) is 28.6 Å². The highest BCUT2D eigenvalue weighted by Gasteiger charge is 2.69. The largest absolute Gasteiger partial charge is 0.458 e. The number of fused-ring (bicyclic) bond motifs is 5. The minimum absolute atomic E-state index is 0.0400. The van der Waals surface area contributed by atoms with Gasteiger partial charge in [-0.05, 0) is 86.6 Å². The van der Waals surface area contributed by atoms with E-state index in [4.69, 9.17) is 4.74 Å². The number of halogens is 2. The van der Waals surface area contributed by atoms with Crippen LogP contribution in [-0.2, 0) is 23.9 Å². The van der Waals surface area contributed by atoms with Crippen molar-refractivity contribution in [1.82, 2.24) is 0 Å². The molecule has 3 saturated carbocycles. The molecule has 0 aromatic rings. The highest BCUT2D eigenvalue weighted by molar-refractivity contribution is 9.28. The normalized spacial score (nSPS) is 40.8. The molecule has 0 aromatic heterocycles. The smallest absolute Gasteiger partial charge is 0.303 e. The molecule has 0 saturated heterocycles. The summed E-state index contributed by atoms with van der Waals surface area (Å²) in [5.74, 6) is -1.34. The standard InChI is InChI=1S/C24H28Br2O6/c1-12(27)32-11-19(30)24(31)7-5-16-14-9-15(21(25)26)17-8-13(28)4-6-22(17,2)20(14)18(29)10-23(16,24)3/h8,14,16,20,31H,4-7,9-11H2,1-3H3/t14-,16-,20+,22-,23-,24-/m0/s1. The van der Waals surface area contributed by atoms with Gasteiger partial charge in [0, 0.05) is 36.5 Å². The van der Waals surface area contributed by atoms with Crippen LogP contribution in [0.3, 0.4) is 0 Å². The molecule has 4 aliphatic rings. The van der Waals surface area contributed by atoms with Gasteiger partial charge in [0.05, 0.1) is 3.39 Å². The zero-order chi connectivity index (χ0) is 23.6. The molecule has 0 amide bonds. The van der Waals surface area contributed by atoms with Crippen molar-refractivity contribution in [3.63, 3.8) is 0 Å². The van der Waals surface area contributed by atoms with E-state index in [9.17, 15) is 24.3 Å². The van der Waals surface area contributed by atoms with Gasteiger partial charge in [-0.25, -0.2) is 0 Å². The minimum Gasteiger partial charge on any atom is -0.458 e. The summed E-state index contributed by atoms with van der Waals surface area (Å²) in [5.41, 5.74) is -1.17. The third-order valence-corrected chi connectivity index (χ3v) is 9.73. The highest BCUT2D eigenvalue weighted by atomic mass is 79.9. The number of Topliss-reactive ketones (excluding diaryl/α,β-unsaturated/α-hetero) is 2. The zero-order valence-corrected chi connectivity index (χ0v) is 21.7. The van der Waals surface area contributed by atoms with Crippen LogP contribution in [0.5, 0.6) is 0 Å². The van der Waals surface area contributed by atoms with Gasteiger partial charge in [0.2, 0.25) is 5.78 Å². The predicted octanol–water partition coefficient (Wildman–Crippen LogP) is 4.17. The highest BCUT2D eigenvalue weighted by Crippen LogP contribution is 2.68. The molecule has 4 rings (SSSR count). The molecule has 0 unspecified atom stereocenters. The second-order valence-electron chi connectivity index (χ2n) is 10.3. The SMILES string of the molecule is CC(=O)OCC(=O)[C@@]1(O)CC[C@H]2[C@@H]3CC(=C(Br)Br)C4=CC(=O)CC[C@]4(C)[C@H]3C(=O)C[C@@]21C. The Morgan fingerprint density at radius 2 is 1.91 bits per heavy atom. The average molecular weight is 572 g/mol. The van der Waals surface area contributed by atoms with E-state index < -0.39 is 34.8 Å². The molecule has 1 N–H and O–H groups in total. The summed E-state index contributed by atoms with van der Waals surface area (Å²) in [4.78, 5) is 50.2. The van der Waals surface area contributed by atoms with Crippen molar-refractivity contribution in [2.45, 2.75) is 64.9 Å². The van der Waals surface area contributed by atoms with Gasteiger partial charge >= 0.3 is 5.97 Å². The van der Waals surface area contributed by atoms with Crippen molar-refractivity contribution in [3.8, 4) is 0 Å². The number of esters is 1. The number of allylic oxidation sites excluding steroid dienone is 2. The van der Waals surface area contributed by atoms with Crippen LogP contribution < -0.4 is 0 Å². The fourth-order valence-electron chi connectivity index (χ4n) is 7.21. The predicted molar refractivity (Wildman–Crippen MR) is 124 cm³/mol. The first-order valence-electron chi connectivity index (χ1n) is 11.1. The molecule has 0 heterocycles. The Morgan fingerprint density at radius 1 is 1.22 bits per heavy atom. The summed E-state index contributed by atoms with van der Waals surface area (Å²) < 4.78 is 5.66. The summed E-state index contributed by atoms with van der Waals surface area (Å²) in [5, 5.41) is 11.6. The summed E-state index contributed by atoms with van der Waals surface area (Å²) in [7, 11) is 0. The lowest BCUT2D eigenvalue weighted by Crippen LogP contribution is -2.61. The summed E-state index contributed by atoms with van der Waals surface area (Å²) in [6.45, 7) is 4.66. The topological polar surface area (TPSA) is 97.7 Å². The van der Waals surface area contributed by atoms with Gasteiger partial charge in [0.25, 0.3) is 0 Å². The molecule has 0 aliphatic heterocycles. The first kappa shape index (κ1) is 24.0. The Hall–Kier alpha value is -1.12. The van der Waals surface area contributed by atoms with Crippen LogP contribution in [0.15, 0.2) is 20.6 Å². The number of aliphatic hydroxyl groups is 1. The maximum Gasteiger partial charge on any atom is 0.303 e. The van der Waals surface area contributed by atoms with Crippen LogP contribution in [0.2, 0.25) is 0 Å². The number of ether oxygens (including phenoxy) is 1. The third-order valence-electron chi connectivity index (χ3n) is 8.77. The zero-order valence-electron chi connectivity index (χ0n) is 18.5. The van der Waals surface area contributed by atoms with E-state index in [0.717, 1.165) is 14.5 Å². The van der Waals surface area contributed by atoms with Crippen molar-refractivity contribution >= 4 is 55.2 Å². The van der Waals surface area contributed by atoms with E-state index in [1.807, 2.05) is 6.92 Å². The first-order chi connectivity index (χ1) is 14.8. The lowest BCUT2D eigenvalue weighted by molar-refractivity contribution is -0.172. The van der Waals surface area contributed by atoms with Gasteiger partial charge in [-0.15, -0.1) is 0 Å². The van der Waals surface area contributed by atoms with Crippen LogP contribution in [0.25, 0.3) is 0 Å². The summed E-state index contributed by atoms with van der Waals surface area (Å²) in [6, 6.07) is 0. The van der Waals surface area contributed by atoms with Gasteiger partial charge in [0.15, 0.2) is 12.4 Å². The Morgan fingerprint density at radius 3 is 2.53 bits per heavy atom. The molecule has 32 heavy (non-hydrogen) atoms. The molecule has 6 atom stereocenters. The van der Waals surface area contributed by atoms with Gasteiger partial charge in [-0.2, -0.15) is 0 Å². The van der Waals surface area contributed by atoms with E-state index in [1.54, 1.807) is 6.08 Å². The molecule has 8 heteroatoms. The van der Waals surface area contributed by atoms with Gasteiger partial charge in [0.1, 0.15) is 11.4 Å². The number of ketones is 3. The quantitative estimate of drug-likeness (QED) is 0.511. The Bertz CT molecular complexity index is 979. The molecule has 0 radical (unpaired) electrons. The number of rotatable bonds is 3. The van der Waals surface area contributed by atoms with E-state index in [0.29, 0.717) is 25.7 Å². The molecular weight excluding hydrogens is 544 g/mol.